The number of benzene rings is 1. The highest BCUT2D eigenvalue weighted by Crippen LogP contribution is 2.27. The summed E-state index contributed by atoms with van der Waals surface area (Å²) in [7, 11) is 0. The number of nitrogens with two attached hydrogens (primary N) is 1. The number of nitrogens with one attached hydrogen (secondary N) is 1. The average molecular weight is 245 g/mol. The molecule has 1 aromatic carbocycles. The highest BCUT2D eigenvalue weighted by Gasteiger charge is 2.19. The summed E-state index contributed by atoms with van der Waals surface area (Å²) in [6.07, 6.45) is 1.19. The number of fused-ring (bicyclic) bond motifs is 1. The molecule has 5 nitrogen and oxygen atoms in total. The SMILES string of the molecule is CC(N)(C#N)COc1ccc2c(c1)CCC(=O)N2. The summed E-state index contributed by atoms with van der Waals surface area (Å²) in [6.45, 7) is 1.75. The summed E-state index contributed by atoms with van der Waals surface area (Å²) >= 11 is 0. The molecule has 3 N–H and O–H groups in total. The minimum absolute atomic E-state index is 0.0372. The van der Waals surface area contributed by atoms with Crippen molar-refractivity contribution >= 4 is 11.6 Å². The van der Waals surface area contributed by atoms with Crippen LogP contribution in [0.25, 0.3) is 0 Å². The molecule has 1 atom stereocenters. The Balaban J connectivity index is 2.08. The molecule has 1 amide bonds. The standard InChI is InChI=1S/C13H15N3O2/c1-13(15,7-14)8-18-10-3-4-11-9(6-10)2-5-12(17)16-11/h3-4,6H,2,5,8,15H2,1H3,(H,16,17). The number of hydrogen-bond acceptors (Lipinski definition) is 4. The first-order valence-corrected chi connectivity index (χ1v) is 5.76. The van der Waals surface area contributed by atoms with Gasteiger partial charge >= 0.3 is 0 Å². The van der Waals surface area contributed by atoms with Crippen molar-refractivity contribution in [2.24, 2.45) is 5.73 Å². The van der Waals surface area contributed by atoms with Crippen molar-refractivity contribution in [2.45, 2.75) is 25.3 Å². The second-order valence-corrected chi connectivity index (χ2v) is 4.69. The first-order chi connectivity index (χ1) is 8.50. The Hall–Kier alpha value is -2.06. The van der Waals surface area contributed by atoms with Gasteiger partial charge in [0.25, 0.3) is 0 Å². The van der Waals surface area contributed by atoms with Gasteiger partial charge in [-0.3, -0.25) is 4.79 Å². The van der Waals surface area contributed by atoms with Gasteiger partial charge in [0.05, 0.1) is 6.07 Å². The zero-order valence-electron chi connectivity index (χ0n) is 10.2. The molecule has 0 saturated carbocycles. The van der Waals surface area contributed by atoms with Gasteiger partial charge in [-0.1, -0.05) is 0 Å². The average Bonchev–Trinajstić information content (AvgIpc) is 2.36. The number of nitriles is 1. The van der Waals surface area contributed by atoms with E-state index in [1.165, 1.54) is 0 Å². The maximum Gasteiger partial charge on any atom is 0.224 e. The van der Waals surface area contributed by atoms with Crippen molar-refractivity contribution in [3.63, 3.8) is 0 Å². The van der Waals surface area contributed by atoms with E-state index in [1.54, 1.807) is 13.0 Å². The number of rotatable bonds is 3. The van der Waals surface area contributed by atoms with E-state index >= 15 is 0 Å². The highest BCUT2D eigenvalue weighted by atomic mass is 16.5. The van der Waals surface area contributed by atoms with Crippen LogP contribution in [0.3, 0.4) is 0 Å². The topological polar surface area (TPSA) is 88.1 Å². The molecule has 1 aliphatic rings. The molecule has 0 aliphatic carbocycles. The van der Waals surface area contributed by atoms with Gasteiger partial charge in [0.15, 0.2) is 0 Å². The molecule has 0 saturated heterocycles. The van der Waals surface area contributed by atoms with E-state index in [2.05, 4.69) is 5.32 Å². The van der Waals surface area contributed by atoms with Crippen LogP contribution in [0.4, 0.5) is 5.69 Å². The van der Waals surface area contributed by atoms with Gasteiger partial charge < -0.3 is 15.8 Å². The van der Waals surface area contributed by atoms with Crippen LogP contribution in [0.15, 0.2) is 18.2 Å². The lowest BCUT2D eigenvalue weighted by atomic mass is 10.0. The lowest BCUT2D eigenvalue weighted by Gasteiger charge is -2.19. The van der Waals surface area contributed by atoms with Crippen LogP contribution in [-0.2, 0) is 11.2 Å². The fourth-order valence-corrected chi connectivity index (χ4v) is 1.72. The van der Waals surface area contributed by atoms with Crippen molar-refractivity contribution < 1.29 is 9.53 Å². The summed E-state index contributed by atoms with van der Waals surface area (Å²) in [4.78, 5) is 11.2. The summed E-state index contributed by atoms with van der Waals surface area (Å²) in [5, 5.41) is 11.6. The molecule has 0 aromatic heterocycles. The molecule has 1 heterocycles. The quantitative estimate of drug-likeness (QED) is 0.837. The molecule has 0 radical (unpaired) electrons. The monoisotopic (exact) mass is 245 g/mol. The van der Waals surface area contributed by atoms with E-state index in [0.29, 0.717) is 18.6 Å². The van der Waals surface area contributed by atoms with Crippen LogP contribution < -0.4 is 15.8 Å². The molecule has 1 aliphatic heterocycles. The van der Waals surface area contributed by atoms with Gasteiger partial charge in [0, 0.05) is 12.1 Å². The van der Waals surface area contributed by atoms with Gasteiger partial charge in [0.2, 0.25) is 5.91 Å². The first-order valence-electron chi connectivity index (χ1n) is 5.76. The fourth-order valence-electron chi connectivity index (χ4n) is 1.72. The molecule has 2 rings (SSSR count). The number of hydrogen-bond donors (Lipinski definition) is 2. The summed E-state index contributed by atoms with van der Waals surface area (Å²) < 4.78 is 5.49. The lowest BCUT2D eigenvalue weighted by molar-refractivity contribution is -0.116. The molecule has 5 heteroatoms. The van der Waals surface area contributed by atoms with Gasteiger partial charge in [0.1, 0.15) is 17.9 Å². The summed E-state index contributed by atoms with van der Waals surface area (Å²) in [6, 6.07) is 7.42. The second kappa shape index (κ2) is 4.67. The summed E-state index contributed by atoms with van der Waals surface area (Å²) in [5.41, 5.74) is 6.55. The molecule has 0 spiro atoms. The van der Waals surface area contributed by atoms with E-state index in [9.17, 15) is 4.79 Å². The second-order valence-electron chi connectivity index (χ2n) is 4.69. The van der Waals surface area contributed by atoms with E-state index in [0.717, 1.165) is 11.3 Å². The predicted octanol–water partition coefficient (Wildman–Crippen LogP) is 1.19. The van der Waals surface area contributed by atoms with Crippen LogP contribution in [-0.4, -0.2) is 18.1 Å². The Labute approximate surface area is 106 Å². The number of nitrogens with zero attached hydrogens (tertiary/aromatic N) is 1. The van der Waals surface area contributed by atoms with Gasteiger partial charge in [-0.2, -0.15) is 5.26 Å². The number of ether oxygens (including phenoxy) is 1. The third-order valence-electron chi connectivity index (χ3n) is 2.77. The zero-order valence-corrected chi connectivity index (χ0v) is 10.2. The van der Waals surface area contributed by atoms with Crippen LogP contribution in [0.5, 0.6) is 5.75 Å². The molecule has 0 fully saturated rings. The fraction of sp³-hybridized carbons (Fsp3) is 0.385. The van der Waals surface area contributed by atoms with Gasteiger partial charge in [-0.25, -0.2) is 0 Å². The molecule has 18 heavy (non-hydrogen) atoms. The molecule has 1 aromatic rings. The van der Waals surface area contributed by atoms with Crippen LogP contribution >= 0.6 is 0 Å². The molecule has 94 valence electrons. The molecule has 0 bridgehead atoms. The van der Waals surface area contributed by atoms with Crippen molar-refractivity contribution in [1.29, 1.82) is 5.26 Å². The number of aryl methyl sites for hydroxylation is 1. The zero-order chi connectivity index (χ0) is 13.2. The normalized spacial score (nSPS) is 17.1. The highest BCUT2D eigenvalue weighted by molar-refractivity contribution is 5.93. The minimum atomic E-state index is -0.996. The number of anilines is 1. The van der Waals surface area contributed by atoms with Crippen molar-refractivity contribution in [3.8, 4) is 11.8 Å². The largest absolute Gasteiger partial charge is 0.491 e. The van der Waals surface area contributed by atoms with Crippen molar-refractivity contribution in [1.82, 2.24) is 0 Å². The molecular weight excluding hydrogens is 230 g/mol. The lowest BCUT2D eigenvalue weighted by Crippen LogP contribution is -2.40. The first kappa shape index (κ1) is 12.4. The molecular formula is C13H15N3O2. The van der Waals surface area contributed by atoms with E-state index < -0.39 is 5.54 Å². The maximum absolute atomic E-state index is 11.2. The third-order valence-corrected chi connectivity index (χ3v) is 2.77. The minimum Gasteiger partial charge on any atom is -0.491 e. The number of amides is 1. The van der Waals surface area contributed by atoms with Crippen molar-refractivity contribution in [3.05, 3.63) is 23.8 Å². The van der Waals surface area contributed by atoms with E-state index in [4.69, 9.17) is 15.7 Å². The van der Waals surface area contributed by atoms with E-state index in [1.807, 2.05) is 18.2 Å². The third kappa shape index (κ3) is 2.79. The number of carbonyl (C=O) groups excluding carboxylic acids is 1. The van der Waals surface area contributed by atoms with Gasteiger partial charge in [-0.15, -0.1) is 0 Å². The van der Waals surface area contributed by atoms with Gasteiger partial charge in [-0.05, 0) is 37.1 Å². The van der Waals surface area contributed by atoms with Crippen molar-refractivity contribution in [2.75, 3.05) is 11.9 Å². The van der Waals surface area contributed by atoms with E-state index in [-0.39, 0.29) is 12.5 Å². The Morgan fingerprint density at radius 3 is 3.06 bits per heavy atom. The summed E-state index contributed by atoms with van der Waals surface area (Å²) in [5.74, 6) is 0.701. The maximum atomic E-state index is 11.2. The Morgan fingerprint density at radius 1 is 1.56 bits per heavy atom. The Bertz CT molecular complexity index is 517. The number of carbonyl (C=O) groups is 1. The predicted molar refractivity (Wildman–Crippen MR) is 67.1 cm³/mol. The van der Waals surface area contributed by atoms with Crippen LogP contribution in [0, 0.1) is 11.3 Å². The van der Waals surface area contributed by atoms with Crippen LogP contribution in [0.2, 0.25) is 0 Å². The Kier molecular flexibility index (Phi) is 3.21. The molecule has 1 unspecified atom stereocenters. The Morgan fingerprint density at radius 2 is 2.33 bits per heavy atom. The smallest absolute Gasteiger partial charge is 0.224 e. The van der Waals surface area contributed by atoms with Crippen LogP contribution in [0.1, 0.15) is 18.9 Å².